The van der Waals surface area contributed by atoms with E-state index in [1.807, 2.05) is 31.2 Å². The van der Waals surface area contributed by atoms with Gasteiger partial charge in [-0.2, -0.15) is 0 Å². The van der Waals surface area contributed by atoms with Crippen molar-refractivity contribution in [2.45, 2.75) is 26.2 Å². The van der Waals surface area contributed by atoms with Gasteiger partial charge in [-0.1, -0.05) is 18.2 Å². The highest BCUT2D eigenvalue weighted by molar-refractivity contribution is 5.77. The van der Waals surface area contributed by atoms with Gasteiger partial charge in [0.2, 0.25) is 0 Å². The quantitative estimate of drug-likeness (QED) is 0.829. The molecule has 0 spiro atoms. The molecule has 1 aliphatic carbocycles. The standard InChI is InChI=1S/C13H16O3/c1-10-4-2-3-5-11(10)16-9-8-13(6-7-13)12(14)15/h2-5H,6-9H2,1H3,(H,14,15). The van der Waals surface area contributed by atoms with Crippen LogP contribution in [0.4, 0.5) is 0 Å². The summed E-state index contributed by atoms with van der Waals surface area (Å²) in [5.74, 6) is 0.171. The van der Waals surface area contributed by atoms with Crippen molar-refractivity contribution < 1.29 is 14.6 Å². The van der Waals surface area contributed by atoms with E-state index in [1.165, 1.54) is 0 Å². The third-order valence-electron chi connectivity index (χ3n) is 3.24. The van der Waals surface area contributed by atoms with Gasteiger partial charge < -0.3 is 9.84 Å². The maximum absolute atomic E-state index is 10.9. The van der Waals surface area contributed by atoms with Gasteiger partial charge in [-0.05, 0) is 37.8 Å². The van der Waals surface area contributed by atoms with Crippen LogP contribution in [-0.2, 0) is 4.79 Å². The van der Waals surface area contributed by atoms with Gasteiger partial charge in [0, 0.05) is 0 Å². The highest BCUT2D eigenvalue weighted by atomic mass is 16.5. The monoisotopic (exact) mass is 220 g/mol. The Morgan fingerprint density at radius 3 is 2.69 bits per heavy atom. The van der Waals surface area contributed by atoms with Crippen LogP contribution in [0.5, 0.6) is 5.75 Å². The van der Waals surface area contributed by atoms with Gasteiger partial charge in [0.05, 0.1) is 12.0 Å². The average Bonchev–Trinajstić information content (AvgIpc) is 3.02. The van der Waals surface area contributed by atoms with Crippen LogP contribution in [-0.4, -0.2) is 17.7 Å². The largest absolute Gasteiger partial charge is 0.493 e. The van der Waals surface area contributed by atoms with Gasteiger partial charge in [0.15, 0.2) is 0 Å². The summed E-state index contributed by atoms with van der Waals surface area (Å²) in [6.45, 7) is 2.47. The fourth-order valence-corrected chi connectivity index (χ4v) is 1.80. The van der Waals surface area contributed by atoms with Crippen LogP contribution in [0.15, 0.2) is 24.3 Å². The Balaban J connectivity index is 1.85. The maximum atomic E-state index is 10.9. The number of carboxylic acids is 1. The lowest BCUT2D eigenvalue weighted by atomic mass is 10.0. The minimum atomic E-state index is -0.680. The molecule has 0 aromatic heterocycles. The zero-order valence-electron chi connectivity index (χ0n) is 9.40. The highest BCUT2D eigenvalue weighted by Crippen LogP contribution is 2.48. The van der Waals surface area contributed by atoms with Crippen LogP contribution in [0, 0.1) is 12.3 Å². The third-order valence-corrected chi connectivity index (χ3v) is 3.24. The SMILES string of the molecule is Cc1ccccc1OCCC1(C(=O)O)CC1. The number of carbonyl (C=O) groups is 1. The number of benzene rings is 1. The van der Waals surface area contributed by atoms with Gasteiger partial charge in [-0.25, -0.2) is 0 Å². The van der Waals surface area contributed by atoms with E-state index in [1.54, 1.807) is 0 Å². The molecule has 0 saturated heterocycles. The second kappa shape index (κ2) is 4.16. The minimum Gasteiger partial charge on any atom is -0.493 e. The molecule has 1 N–H and O–H groups in total. The molecule has 0 heterocycles. The second-order valence-electron chi connectivity index (χ2n) is 4.45. The van der Waals surface area contributed by atoms with Crippen LogP contribution in [0.3, 0.4) is 0 Å². The first-order valence-electron chi connectivity index (χ1n) is 5.56. The molecule has 16 heavy (non-hydrogen) atoms. The van der Waals surface area contributed by atoms with Crippen LogP contribution in [0.25, 0.3) is 0 Å². The number of aryl methyl sites for hydroxylation is 1. The van der Waals surface area contributed by atoms with Gasteiger partial charge in [0.25, 0.3) is 0 Å². The molecule has 0 bridgehead atoms. The van der Waals surface area contributed by atoms with Crippen LogP contribution >= 0.6 is 0 Å². The molecule has 0 unspecified atom stereocenters. The lowest BCUT2D eigenvalue weighted by molar-refractivity contribution is -0.143. The maximum Gasteiger partial charge on any atom is 0.309 e. The smallest absolute Gasteiger partial charge is 0.309 e. The first-order chi connectivity index (χ1) is 7.64. The van der Waals surface area contributed by atoms with Gasteiger partial charge >= 0.3 is 5.97 Å². The number of hydrogen-bond acceptors (Lipinski definition) is 2. The Morgan fingerprint density at radius 2 is 2.12 bits per heavy atom. The Labute approximate surface area is 95.0 Å². The molecule has 86 valence electrons. The van der Waals surface area contributed by atoms with Crippen molar-refractivity contribution in [3.8, 4) is 5.75 Å². The van der Waals surface area contributed by atoms with Crippen LogP contribution < -0.4 is 4.74 Å². The molecule has 3 nitrogen and oxygen atoms in total. The first-order valence-corrected chi connectivity index (χ1v) is 5.56. The summed E-state index contributed by atoms with van der Waals surface area (Å²) in [6.07, 6.45) is 2.19. The Hall–Kier alpha value is -1.51. The third kappa shape index (κ3) is 2.18. The summed E-state index contributed by atoms with van der Waals surface area (Å²) < 4.78 is 5.60. The van der Waals surface area contributed by atoms with Crippen molar-refractivity contribution >= 4 is 5.97 Å². The fourth-order valence-electron chi connectivity index (χ4n) is 1.80. The second-order valence-corrected chi connectivity index (χ2v) is 4.45. The average molecular weight is 220 g/mol. The van der Waals surface area contributed by atoms with Crippen LogP contribution in [0.1, 0.15) is 24.8 Å². The van der Waals surface area contributed by atoms with Crippen LogP contribution in [0.2, 0.25) is 0 Å². The van der Waals surface area contributed by atoms with Crippen molar-refractivity contribution in [1.82, 2.24) is 0 Å². The van der Waals surface area contributed by atoms with E-state index in [9.17, 15) is 4.79 Å². The van der Waals surface area contributed by atoms with Crippen molar-refractivity contribution in [1.29, 1.82) is 0 Å². The van der Waals surface area contributed by atoms with E-state index in [0.29, 0.717) is 13.0 Å². The summed E-state index contributed by atoms with van der Waals surface area (Å²) >= 11 is 0. The fraction of sp³-hybridized carbons (Fsp3) is 0.462. The Bertz CT molecular complexity index is 394. The highest BCUT2D eigenvalue weighted by Gasteiger charge is 2.49. The molecule has 1 saturated carbocycles. The lowest BCUT2D eigenvalue weighted by Crippen LogP contribution is -2.18. The lowest BCUT2D eigenvalue weighted by Gasteiger charge is -2.12. The summed E-state index contributed by atoms with van der Waals surface area (Å²) in [5, 5.41) is 9.00. The molecule has 3 heteroatoms. The topological polar surface area (TPSA) is 46.5 Å². The predicted molar refractivity (Wildman–Crippen MR) is 60.6 cm³/mol. The van der Waals surface area contributed by atoms with E-state index < -0.39 is 11.4 Å². The van der Waals surface area contributed by atoms with Gasteiger partial charge in [-0.3, -0.25) is 4.79 Å². The first kappa shape index (κ1) is 11.0. The van der Waals surface area contributed by atoms with Crippen molar-refractivity contribution in [3.05, 3.63) is 29.8 Å². The van der Waals surface area contributed by atoms with E-state index in [0.717, 1.165) is 24.2 Å². The van der Waals surface area contributed by atoms with Gasteiger partial charge in [0.1, 0.15) is 5.75 Å². The van der Waals surface area contributed by atoms with E-state index >= 15 is 0 Å². The zero-order chi connectivity index (χ0) is 11.6. The molecule has 1 aromatic rings. The number of carboxylic acid groups (broad SMARTS) is 1. The summed E-state index contributed by atoms with van der Waals surface area (Å²) in [5.41, 5.74) is 0.602. The molecule has 0 atom stereocenters. The molecule has 0 amide bonds. The summed E-state index contributed by atoms with van der Waals surface area (Å²) in [7, 11) is 0. The Kier molecular flexibility index (Phi) is 2.86. The normalized spacial score (nSPS) is 16.8. The molecular formula is C13H16O3. The zero-order valence-corrected chi connectivity index (χ0v) is 9.40. The molecule has 1 aliphatic rings. The number of ether oxygens (including phenoxy) is 1. The molecule has 0 aliphatic heterocycles. The van der Waals surface area contributed by atoms with E-state index in [2.05, 4.69) is 0 Å². The van der Waals surface area contributed by atoms with E-state index in [-0.39, 0.29) is 0 Å². The minimum absolute atomic E-state index is 0.483. The number of rotatable bonds is 5. The molecular weight excluding hydrogens is 204 g/mol. The molecule has 2 rings (SSSR count). The van der Waals surface area contributed by atoms with Crippen molar-refractivity contribution in [2.24, 2.45) is 5.41 Å². The number of hydrogen-bond donors (Lipinski definition) is 1. The molecule has 0 radical (unpaired) electrons. The predicted octanol–water partition coefficient (Wildman–Crippen LogP) is 2.63. The van der Waals surface area contributed by atoms with Crippen molar-refractivity contribution in [3.63, 3.8) is 0 Å². The van der Waals surface area contributed by atoms with Gasteiger partial charge in [-0.15, -0.1) is 0 Å². The molecule has 1 aromatic carbocycles. The molecule has 1 fully saturated rings. The Morgan fingerprint density at radius 1 is 1.44 bits per heavy atom. The van der Waals surface area contributed by atoms with Crippen molar-refractivity contribution in [2.75, 3.05) is 6.61 Å². The summed E-state index contributed by atoms with van der Waals surface area (Å²) in [4.78, 5) is 10.9. The number of aliphatic carboxylic acids is 1. The van der Waals surface area contributed by atoms with E-state index in [4.69, 9.17) is 9.84 Å². The number of para-hydroxylation sites is 1. The summed E-state index contributed by atoms with van der Waals surface area (Å²) in [6, 6.07) is 7.78.